The van der Waals surface area contributed by atoms with Crippen molar-refractivity contribution in [2.45, 2.75) is 41.5 Å². The van der Waals surface area contributed by atoms with Gasteiger partial charge in [0.05, 0.1) is 0 Å². The third-order valence-electron chi connectivity index (χ3n) is 3.43. The fraction of sp³-hybridized carbons (Fsp3) is 1.00. The zero-order valence-electron chi connectivity index (χ0n) is 8.81. The molecule has 66 valence electrons. The van der Waals surface area contributed by atoms with Gasteiger partial charge in [-0.1, -0.05) is 41.5 Å². The highest BCUT2D eigenvalue weighted by molar-refractivity contribution is 5.06. The van der Waals surface area contributed by atoms with Crippen LogP contribution in [-0.2, 0) is 0 Å². The summed E-state index contributed by atoms with van der Waals surface area (Å²) >= 11 is 0. The summed E-state index contributed by atoms with van der Waals surface area (Å²) in [6, 6.07) is 0. The van der Waals surface area contributed by atoms with Gasteiger partial charge in [0.2, 0.25) is 0 Å². The lowest BCUT2D eigenvalue weighted by Crippen LogP contribution is -1.97. The Morgan fingerprint density at radius 3 is 1.18 bits per heavy atom. The second-order valence-corrected chi connectivity index (χ2v) is 5.36. The first-order chi connectivity index (χ1) is 4.89. The Morgan fingerprint density at radius 2 is 1.09 bits per heavy atom. The summed E-state index contributed by atoms with van der Waals surface area (Å²) < 4.78 is 0. The molecule has 1 fully saturated rings. The van der Waals surface area contributed by atoms with Crippen molar-refractivity contribution in [3.8, 4) is 0 Å². The summed E-state index contributed by atoms with van der Waals surface area (Å²) in [7, 11) is 0. The van der Waals surface area contributed by atoms with Crippen LogP contribution in [0.4, 0.5) is 0 Å². The van der Waals surface area contributed by atoms with Crippen LogP contribution < -0.4 is 0 Å². The summed E-state index contributed by atoms with van der Waals surface area (Å²) in [5, 5.41) is 0. The second kappa shape index (κ2) is 2.50. The maximum atomic E-state index is 2.42. The van der Waals surface area contributed by atoms with E-state index in [2.05, 4.69) is 41.5 Å². The summed E-state index contributed by atoms with van der Waals surface area (Å²) in [6.07, 6.45) is 0. The van der Waals surface area contributed by atoms with Crippen molar-refractivity contribution < 1.29 is 0 Å². The van der Waals surface area contributed by atoms with Gasteiger partial charge >= 0.3 is 0 Å². The molecular formula is C11H22. The Hall–Kier alpha value is 0. The van der Waals surface area contributed by atoms with Crippen molar-refractivity contribution >= 4 is 0 Å². The van der Waals surface area contributed by atoms with Crippen molar-refractivity contribution in [2.75, 3.05) is 0 Å². The highest BCUT2D eigenvalue weighted by Crippen LogP contribution is 2.64. The lowest BCUT2D eigenvalue weighted by Gasteiger charge is -2.04. The number of hydrogen-bond donors (Lipinski definition) is 0. The van der Waals surface area contributed by atoms with E-state index in [1.807, 2.05) is 0 Å². The smallest absolute Gasteiger partial charge is 0.0287 e. The average molecular weight is 154 g/mol. The van der Waals surface area contributed by atoms with Crippen LogP contribution in [0.2, 0.25) is 0 Å². The zero-order valence-corrected chi connectivity index (χ0v) is 8.81. The third-order valence-corrected chi connectivity index (χ3v) is 3.43. The van der Waals surface area contributed by atoms with E-state index >= 15 is 0 Å². The van der Waals surface area contributed by atoms with E-state index in [0.29, 0.717) is 5.41 Å². The first kappa shape index (κ1) is 9.09. The molecule has 11 heavy (non-hydrogen) atoms. The van der Waals surface area contributed by atoms with E-state index in [4.69, 9.17) is 0 Å². The Labute approximate surface area is 71.4 Å². The van der Waals surface area contributed by atoms with E-state index in [9.17, 15) is 0 Å². The van der Waals surface area contributed by atoms with Gasteiger partial charge in [-0.2, -0.15) is 0 Å². The first-order valence-corrected chi connectivity index (χ1v) is 4.89. The van der Waals surface area contributed by atoms with Crippen molar-refractivity contribution in [3.63, 3.8) is 0 Å². The fourth-order valence-corrected chi connectivity index (χ4v) is 3.27. The van der Waals surface area contributed by atoms with E-state index in [-0.39, 0.29) is 0 Å². The molecule has 1 rings (SSSR count). The van der Waals surface area contributed by atoms with Crippen LogP contribution in [0, 0.1) is 29.1 Å². The minimum absolute atomic E-state index is 0.627. The highest BCUT2D eigenvalue weighted by atomic mass is 14.6. The Kier molecular flexibility index (Phi) is 2.07. The molecule has 0 heterocycles. The number of rotatable bonds is 2. The molecule has 0 radical (unpaired) electrons. The summed E-state index contributed by atoms with van der Waals surface area (Å²) in [5.74, 6) is 3.69. The maximum Gasteiger partial charge on any atom is -0.0287 e. The molecule has 2 atom stereocenters. The quantitative estimate of drug-likeness (QED) is 0.570. The van der Waals surface area contributed by atoms with E-state index < -0.39 is 0 Å². The third kappa shape index (κ3) is 1.32. The van der Waals surface area contributed by atoms with Gasteiger partial charge in [0.1, 0.15) is 0 Å². The van der Waals surface area contributed by atoms with Crippen molar-refractivity contribution in [1.29, 1.82) is 0 Å². The van der Waals surface area contributed by atoms with Gasteiger partial charge in [0, 0.05) is 0 Å². The average Bonchev–Trinajstić information content (AvgIpc) is 2.33. The van der Waals surface area contributed by atoms with Gasteiger partial charge in [-0.25, -0.2) is 0 Å². The Morgan fingerprint density at radius 1 is 0.818 bits per heavy atom. The monoisotopic (exact) mass is 154 g/mol. The van der Waals surface area contributed by atoms with E-state index in [1.165, 1.54) is 0 Å². The molecule has 0 amide bonds. The molecule has 1 saturated carbocycles. The molecule has 0 heteroatoms. The molecular weight excluding hydrogens is 132 g/mol. The standard InChI is InChI=1S/C11H22/c1-7(2)9-10(8(3)4)11(9,5)6/h7-10H,1-6H3. The van der Waals surface area contributed by atoms with Crippen LogP contribution in [0.5, 0.6) is 0 Å². The minimum atomic E-state index is 0.627. The zero-order chi connectivity index (χ0) is 8.81. The van der Waals surface area contributed by atoms with Gasteiger partial charge in [-0.3, -0.25) is 0 Å². The molecule has 0 bridgehead atoms. The molecule has 0 aromatic carbocycles. The topological polar surface area (TPSA) is 0 Å². The molecule has 0 aromatic heterocycles. The molecule has 0 saturated heterocycles. The molecule has 1 aliphatic rings. The molecule has 0 spiro atoms. The molecule has 0 nitrogen and oxygen atoms in total. The molecule has 0 N–H and O–H groups in total. The van der Waals surface area contributed by atoms with Gasteiger partial charge in [-0.15, -0.1) is 0 Å². The van der Waals surface area contributed by atoms with Gasteiger partial charge in [-0.05, 0) is 29.1 Å². The molecule has 0 aliphatic heterocycles. The molecule has 1 aliphatic carbocycles. The van der Waals surface area contributed by atoms with E-state index in [1.54, 1.807) is 0 Å². The minimum Gasteiger partial charge on any atom is -0.0625 e. The van der Waals surface area contributed by atoms with Crippen LogP contribution in [0.15, 0.2) is 0 Å². The van der Waals surface area contributed by atoms with Crippen LogP contribution in [0.1, 0.15) is 41.5 Å². The largest absolute Gasteiger partial charge is 0.0625 e. The van der Waals surface area contributed by atoms with Crippen LogP contribution in [0.25, 0.3) is 0 Å². The summed E-state index contributed by atoms with van der Waals surface area (Å²) in [5.41, 5.74) is 0.627. The second-order valence-electron chi connectivity index (χ2n) is 5.36. The predicted octanol–water partition coefficient (Wildman–Crippen LogP) is 3.57. The van der Waals surface area contributed by atoms with Crippen molar-refractivity contribution in [2.24, 2.45) is 29.1 Å². The maximum absolute atomic E-state index is 2.42. The van der Waals surface area contributed by atoms with Gasteiger partial charge in [0.15, 0.2) is 0 Å². The predicted molar refractivity (Wildman–Crippen MR) is 50.4 cm³/mol. The molecule has 2 unspecified atom stereocenters. The summed E-state index contributed by atoms with van der Waals surface area (Å²) in [4.78, 5) is 0. The van der Waals surface area contributed by atoms with Crippen LogP contribution in [-0.4, -0.2) is 0 Å². The lowest BCUT2D eigenvalue weighted by atomic mass is 10.0. The van der Waals surface area contributed by atoms with E-state index in [0.717, 1.165) is 23.7 Å². The highest BCUT2D eigenvalue weighted by Gasteiger charge is 2.59. The number of hydrogen-bond acceptors (Lipinski definition) is 0. The van der Waals surface area contributed by atoms with Crippen molar-refractivity contribution in [1.82, 2.24) is 0 Å². The Balaban J connectivity index is 2.61. The first-order valence-electron chi connectivity index (χ1n) is 4.89. The van der Waals surface area contributed by atoms with Gasteiger partial charge in [0.25, 0.3) is 0 Å². The fourth-order valence-electron chi connectivity index (χ4n) is 3.27. The Bertz CT molecular complexity index is 126. The van der Waals surface area contributed by atoms with Crippen molar-refractivity contribution in [3.05, 3.63) is 0 Å². The van der Waals surface area contributed by atoms with Crippen LogP contribution >= 0.6 is 0 Å². The molecule has 0 aromatic rings. The summed E-state index contributed by atoms with van der Waals surface area (Å²) in [6.45, 7) is 14.3. The van der Waals surface area contributed by atoms with Crippen LogP contribution in [0.3, 0.4) is 0 Å². The SMILES string of the molecule is CC(C)C1C(C(C)C)C1(C)C. The lowest BCUT2D eigenvalue weighted by molar-refractivity contribution is 0.448. The normalized spacial score (nSPS) is 34.9. The van der Waals surface area contributed by atoms with Gasteiger partial charge < -0.3 is 0 Å².